The lowest BCUT2D eigenvalue weighted by Gasteiger charge is -2.28. The highest BCUT2D eigenvalue weighted by atomic mass is 16.5. The van der Waals surface area contributed by atoms with Crippen LogP contribution in [-0.2, 0) is 0 Å². The molecule has 0 radical (unpaired) electrons. The second-order valence-corrected chi connectivity index (χ2v) is 4.75. The molecule has 1 saturated heterocycles. The van der Waals surface area contributed by atoms with Gasteiger partial charge in [0.15, 0.2) is 11.5 Å². The Morgan fingerprint density at radius 2 is 2.17 bits per heavy atom. The van der Waals surface area contributed by atoms with E-state index in [0.717, 1.165) is 26.2 Å². The molecular formula is C14H22N2O2. The standard InChI is InChI=1S/C14H22N2O2/c1-11(16-8-3-6-15-7-9-16)12-4-5-13(17)14(10-12)18-2/h4-5,10-11,15,17H,3,6-9H2,1-2H3. The summed E-state index contributed by atoms with van der Waals surface area (Å²) in [5.41, 5.74) is 1.19. The van der Waals surface area contributed by atoms with E-state index >= 15 is 0 Å². The first kappa shape index (κ1) is 13.2. The molecule has 1 aliphatic heterocycles. The van der Waals surface area contributed by atoms with Gasteiger partial charge in [0, 0.05) is 19.1 Å². The molecule has 0 bridgehead atoms. The molecule has 0 saturated carbocycles. The minimum atomic E-state index is 0.200. The van der Waals surface area contributed by atoms with Crippen LogP contribution in [0, 0.1) is 0 Å². The van der Waals surface area contributed by atoms with Crippen molar-refractivity contribution in [1.82, 2.24) is 10.2 Å². The van der Waals surface area contributed by atoms with Crippen molar-refractivity contribution < 1.29 is 9.84 Å². The van der Waals surface area contributed by atoms with Gasteiger partial charge >= 0.3 is 0 Å². The molecule has 1 atom stereocenters. The van der Waals surface area contributed by atoms with Crippen molar-refractivity contribution in [3.8, 4) is 11.5 Å². The molecule has 1 heterocycles. The molecule has 1 aliphatic rings. The van der Waals surface area contributed by atoms with E-state index in [9.17, 15) is 5.11 Å². The summed E-state index contributed by atoms with van der Waals surface area (Å²) in [4.78, 5) is 2.46. The van der Waals surface area contributed by atoms with Gasteiger partial charge in [-0.25, -0.2) is 0 Å². The summed E-state index contributed by atoms with van der Waals surface area (Å²) >= 11 is 0. The van der Waals surface area contributed by atoms with Crippen LogP contribution in [0.4, 0.5) is 0 Å². The molecule has 0 spiro atoms. The first-order valence-electron chi connectivity index (χ1n) is 6.54. The summed E-state index contributed by atoms with van der Waals surface area (Å²) in [6, 6.07) is 5.96. The van der Waals surface area contributed by atoms with Gasteiger partial charge in [0.2, 0.25) is 0 Å². The Kier molecular flexibility index (Phi) is 4.44. The van der Waals surface area contributed by atoms with Crippen molar-refractivity contribution in [1.29, 1.82) is 0 Å². The molecule has 2 N–H and O–H groups in total. The minimum Gasteiger partial charge on any atom is -0.504 e. The topological polar surface area (TPSA) is 44.7 Å². The maximum absolute atomic E-state index is 9.62. The zero-order chi connectivity index (χ0) is 13.0. The van der Waals surface area contributed by atoms with Gasteiger partial charge in [-0.05, 0) is 44.1 Å². The number of phenolic OH excluding ortho intramolecular Hbond substituents is 1. The van der Waals surface area contributed by atoms with Crippen LogP contribution in [0.5, 0.6) is 11.5 Å². The Hall–Kier alpha value is -1.26. The Morgan fingerprint density at radius 3 is 2.94 bits per heavy atom. The molecule has 4 heteroatoms. The number of methoxy groups -OCH3 is 1. The summed E-state index contributed by atoms with van der Waals surface area (Å²) in [7, 11) is 1.58. The highest BCUT2D eigenvalue weighted by Gasteiger charge is 2.18. The zero-order valence-electron chi connectivity index (χ0n) is 11.1. The molecule has 0 amide bonds. The molecule has 1 aromatic carbocycles. The van der Waals surface area contributed by atoms with Crippen LogP contribution in [0.25, 0.3) is 0 Å². The largest absolute Gasteiger partial charge is 0.504 e. The van der Waals surface area contributed by atoms with Gasteiger partial charge in [-0.15, -0.1) is 0 Å². The molecule has 100 valence electrons. The minimum absolute atomic E-state index is 0.200. The highest BCUT2D eigenvalue weighted by Crippen LogP contribution is 2.30. The van der Waals surface area contributed by atoms with Crippen molar-refractivity contribution in [3.05, 3.63) is 23.8 Å². The third-order valence-electron chi connectivity index (χ3n) is 3.61. The van der Waals surface area contributed by atoms with Crippen LogP contribution in [0.1, 0.15) is 24.9 Å². The van der Waals surface area contributed by atoms with E-state index in [1.54, 1.807) is 13.2 Å². The quantitative estimate of drug-likeness (QED) is 0.858. The van der Waals surface area contributed by atoms with E-state index in [1.165, 1.54) is 12.0 Å². The number of aromatic hydroxyl groups is 1. The van der Waals surface area contributed by atoms with Crippen LogP contribution in [-0.4, -0.2) is 43.3 Å². The van der Waals surface area contributed by atoms with Crippen molar-refractivity contribution >= 4 is 0 Å². The molecule has 1 fully saturated rings. The van der Waals surface area contributed by atoms with Gasteiger partial charge < -0.3 is 15.2 Å². The predicted octanol–water partition coefficient (Wildman–Crippen LogP) is 1.76. The molecule has 0 aliphatic carbocycles. The number of phenols is 1. The van der Waals surface area contributed by atoms with Gasteiger partial charge in [-0.3, -0.25) is 4.90 Å². The zero-order valence-corrected chi connectivity index (χ0v) is 11.1. The monoisotopic (exact) mass is 250 g/mol. The number of rotatable bonds is 3. The Bertz CT molecular complexity index is 387. The van der Waals surface area contributed by atoms with E-state index in [2.05, 4.69) is 17.1 Å². The SMILES string of the molecule is COc1cc(C(C)N2CCCNCC2)ccc1O. The lowest BCUT2D eigenvalue weighted by atomic mass is 10.1. The van der Waals surface area contributed by atoms with Gasteiger partial charge in [0.05, 0.1) is 7.11 Å². The van der Waals surface area contributed by atoms with Gasteiger partial charge in [0.25, 0.3) is 0 Å². The normalized spacial score (nSPS) is 19.2. The molecule has 4 nitrogen and oxygen atoms in total. The van der Waals surface area contributed by atoms with E-state index < -0.39 is 0 Å². The number of hydrogen-bond acceptors (Lipinski definition) is 4. The highest BCUT2D eigenvalue weighted by molar-refractivity contribution is 5.42. The summed E-state index contributed by atoms with van der Waals surface area (Å²) < 4.78 is 5.17. The predicted molar refractivity (Wildman–Crippen MR) is 72.1 cm³/mol. The Morgan fingerprint density at radius 1 is 1.33 bits per heavy atom. The molecule has 1 unspecified atom stereocenters. The fraction of sp³-hybridized carbons (Fsp3) is 0.571. The van der Waals surface area contributed by atoms with Crippen LogP contribution < -0.4 is 10.1 Å². The maximum atomic E-state index is 9.62. The van der Waals surface area contributed by atoms with Gasteiger partial charge in [-0.2, -0.15) is 0 Å². The van der Waals surface area contributed by atoms with E-state index in [1.807, 2.05) is 12.1 Å². The first-order chi connectivity index (χ1) is 8.72. The van der Waals surface area contributed by atoms with E-state index in [-0.39, 0.29) is 5.75 Å². The number of nitrogens with zero attached hydrogens (tertiary/aromatic N) is 1. The maximum Gasteiger partial charge on any atom is 0.160 e. The number of hydrogen-bond donors (Lipinski definition) is 2. The smallest absolute Gasteiger partial charge is 0.160 e. The number of benzene rings is 1. The lowest BCUT2D eigenvalue weighted by molar-refractivity contribution is 0.225. The van der Waals surface area contributed by atoms with Crippen molar-refractivity contribution in [2.75, 3.05) is 33.3 Å². The Balaban J connectivity index is 2.13. The van der Waals surface area contributed by atoms with Crippen molar-refractivity contribution in [2.45, 2.75) is 19.4 Å². The molecule has 0 aromatic heterocycles. The average Bonchev–Trinajstić information content (AvgIpc) is 2.67. The molecular weight excluding hydrogens is 228 g/mol. The Labute approximate surface area is 109 Å². The van der Waals surface area contributed by atoms with Crippen LogP contribution in [0.15, 0.2) is 18.2 Å². The van der Waals surface area contributed by atoms with Crippen LogP contribution in [0.3, 0.4) is 0 Å². The van der Waals surface area contributed by atoms with Crippen LogP contribution >= 0.6 is 0 Å². The first-order valence-corrected chi connectivity index (χ1v) is 6.54. The molecule has 2 rings (SSSR count). The van der Waals surface area contributed by atoms with E-state index in [4.69, 9.17) is 4.74 Å². The van der Waals surface area contributed by atoms with Gasteiger partial charge in [0.1, 0.15) is 0 Å². The van der Waals surface area contributed by atoms with Gasteiger partial charge in [-0.1, -0.05) is 6.07 Å². The second kappa shape index (κ2) is 6.07. The third kappa shape index (κ3) is 2.94. The number of ether oxygens (including phenoxy) is 1. The summed E-state index contributed by atoms with van der Waals surface area (Å²) in [6.07, 6.45) is 1.18. The summed E-state index contributed by atoms with van der Waals surface area (Å²) in [5.74, 6) is 0.748. The lowest BCUT2D eigenvalue weighted by Crippen LogP contribution is -2.30. The van der Waals surface area contributed by atoms with Crippen LogP contribution in [0.2, 0.25) is 0 Å². The van der Waals surface area contributed by atoms with Crippen molar-refractivity contribution in [2.24, 2.45) is 0 Å². The summed E-state index contributed by atoms with van der Waals surface area (Å²) in [5, 5.41) is 13.0. The van der Waals surface area contributed by atoms with E-state index in [0.29, 0.717) is 11.8 Å². The fourth-order valence-corrected chi connectivity index (χ4v) is 2.42. The molecule has 1 aromatic rings. The average molecular weight is 250 g/mol. The van der Waals surface area contributed by atoms with Crippen molar-refractivity contribution in [3.63, 3.8) is 0 Å². The second-order valence-electron chi connectivity index (χ2n) is 4.75. The third-order valence-corrected chi connectivity index (χ3v) is 3.61. The fourth-order valence-electron chi connectivity index (χ4n) is 2.42. The molecule has 18 heavy (non-hydrogen) atoms. The summed E-state index contributed by atoms with van der Waals surface area (Å²) in [6.45, 7) is 6.51. The number of nitrogens with one attached hydrogen (secondary N) is 1.